The van der Waals surface area contributed by atoms with Crippen molar-refractivity contribution in [3.05, 3.63) is 57.2 Å². The maximum Gasteiger partial charge on any atom is 0.267 e. The molecule has 2 aromatic rings. The van der Waals surface area contributed by atoms with Crippen LogP contribution in [0.25, 0.3) is 0 Å². The lowest BCUT2D eigenvalue weighted by molar-refractivity contribution is 0.731. The molecule has 0 unspecified atom stereocenters. The summed E-state index contributed by atoms with van der Waals surface area (Å²) in [4.78, 5) is 15.6. The lowest BCUT2D eigenvalue weighted by Gasteiger charge is -2.05. The van der Waals surface area contributed by atoms with Crippen LogP contribution in [0.15, 0.2) is 46.1 Å². The van der Waals surface area contributed by atoms with Gasteiger partial charge in [0.15, 0.2) is 0 Å². The maximum absolute atomic E-state index is 11.7. The molecule has 1 aromatic carbocycles. The van der Waals surface area contributed by atoms with Crippen molar-refractivity contribution in [3.63, 3.8) is 0 Å². The number of rotatable bonds is 2. The first-order valence-electron chi connectivity index (χ1n) is 4.71. The zero-order chi connectivity index (χ0) is 11.5. The van der Waals surface area contributed by atoms with Gasteiger partial charge >= 0.3 is 0 Å². The third kappa shape index (κ3) is 2.30. The highest BCUT2D eigenvalue weighted by Crippen LogP contribution is 2.07. The second-order valence-electron chi connectivity index (χ2n) is 3.42. The van der Waals surface area contributed by atoms with Crippen molar-refractivity contribution in [1.29, 1.82) is 0 Å². The van der Waals surface area contributed by atoms with Crippen LogP contribution in [-0.4, -0.2) is 9.55 Å². The molecule has 0 fully saturated rings. The highest BCUT2D eigenvalue weighted by molar-refractivity contribution is 9.10. The molecule has 5 heteroatoms. The molecule has 0 aliphatic rings. The second-order valence-corrected chi connectivity index (χ2v) is 4.27. The number of nitrogens with two attached hydrogens (primary N) is 1. The Balaban J connectivity index is 2.31. The van der Waals surface area contributed by atoms with E-state index in [1.165, 1.54) is 17.1 Å². The Hall–Kier alpha value is -1.62. The van der Waals surface area contributed by atoms with Gasteiger partial charge in [-0.2, -0.15) is 0 Å². The van der Waals surface area contributed by atoms with Crippen molar-refractivity contribution < 1.29 is 0 Å². The Morgan fingerprint density at radius 3 is 2.69 bits per heavy atom. The van der Waals surface area contributed by atoms with E-state index < -0.39 is 0 Å². The first-order chi connectivity index (χ1) is 7.66. The molecule has 0 radical (unpaired) electrons. The van der Waals surface area contributed by atoms with Crippen LogP contribution in [0.4, 0.5) is 5.69 Å². The molecule has 1 aromatic heterocycles. The SMILES string of the molecule is Nc1ccc(Cn2cncc(Br)c2=O)cc1. The van der Waals surface area contributed by atoms with E-state index in [0.717, 1.165) is 5.56 Å². The first-order valence-corrected chi connectivity index (χ1v) is 5.50. The van der Waals surface area contributed by atoms with Gasteiger partial charge in [-0.05, 0) is 33.6 Å². The minimum Gasteiger partial charge on any atom is -0.399 e. The standard InChI is InChI=1S/C11H10BrN3O/c12-10-5-14-7-15(11(10)16)6-8-1-3-9(13)4-2-8/h1-5,7H,6,13H2. The lowest BCUT2D eigenvalue weighted by atomic mass is 10.2. The molecule has 0 aliphatic heterocycles. The van der Waals surface area contributed by atoms with Crippen LogP contribution in [0, 0.1) is 0 Å². The summed E-state index contributed by atoms with van der Waals surface area (Å²) in [6.45, 7) is 0.492. The molecule has 2 N–H and O–H groups in total. The zero-order valence-electron chi connectivity index (χ0n) is 8.43. The third-order valence-corrected chi connectivity index (χ3v) is 2.74. The molecule has 82 valence electrons. The molecule has 0 bridgehead atoms. The van der Waals surface area contributed by atoms with Crippen LogP contribution >= 0.6 is 15.9 Å². The molecule has 0 aliphatic carbocycles. The number of nitrogens with zero attached hydrogens (tertiary/aromatic N) is 2. The molecule has 4 nitrogen and oxygen atoms in total. The monoisotopic (exact) mass is 279 g/mol. The number of halogens is 1. The van der Waals surface area contributed by atoms with Crippen LogP contribution in [-0.2, 0) is 6.54 Å². The van der Waals surface area contributed by atoms with Crippen LogP contribution < -0.4 is 11.3 Å². The van der Waals surface area contributed by atoms with Gasteiger partial charge in [0.2, 0.25) is 0 Å². The van der Waals surface area contributed by atoms with Gasteiger partial charge in [0.1, 0.15) is 4.47 Å². The Kier molecular flexibility index (Phi) is 3.05. The summed E-state index contributed by atoms with van der Waals surface area (Å²) in [7, 11) is 0. The van der Waals surface area contributed by atoms with E-state index in [9.17, 15) is 4.79 Å². The van der Waals surface area contributed by atoms with Crippen molar-refractivity contribution >= 4 is 21.6 Å². The quantitative estimate of drug-likeness (QED) is 0.851. The second kappa shape index (κ2) is 4.49. The molecular formula is C11H10BrN3O. The summed E-state index contributed by atoms with van der Waals surface area (Å²) < 4.78 is 2.00. The smallest absolute Gasteiger partial charge is 0.267 e. The normalized spacial score (nSPS) is 10.3. The Morgan fingerprint density at radius 1 is 1.31 bits per heavy atom. The van der Waals surface area contributed by atoms with Gasteiger partial charge in [0.25, 0.3) is 5.56 Å². The van der Waals surface area contributed by atoms with Gasteiger partial charge in [-0.3, -0.25) is 9.36 Å². The van der Waals surface area contributed by atoms with E-state index in [-0.39, 0.29) is 5.56 Å². The fourth-order valence-electron chi connectivity index (χ4n) is 1.36. The number of anilines is 1. The van der Waals surface area contributed by atoms with Gasteiger partial charge in [-0.15, -0.1) is 0 Å². The Labute approximate surface area is 101 Å². The summed E-state index contributed by atoms with van der Waals surface area (Å²) >= 11 is 3.16. The molecule has 16 heavy (non-hydrogen) atoms. The average molecular weight is 280 g/mol. The van der Waals surface area contributed by atoms with E-state index >= 15 is 0 Å². The molecule has 0 spiro atoms. The van der Waals surface area contributed by atoms with Crippen LogP contribution in [0.1, 0.15) is 5.56 Å². The number of nitrogen functional groups attached to an aromatic ring is 1. The number of hydrogen-bond acceptors (Lipinski definition) is 3. The minimum absolute atomic E-state index is 0.0909. The van der Waals surface area contributed by atoms with Gasteiger partial charge < -0.3 is 5.73 Å². The summed E-state index contributed by atoms with van der Waals surface area (Å²) in [6.07, 6.45) is 3.01. The number of aromatic nitrogens is 2. The van der Waals surface area contributed by atoms with Gasteiger partial charge in [0.05, 0.1) is 12.9 Å². The predicted octanol–water partition coefficient (Wildman–Crippen LogP) is 1.64. The lowest BCUT2D eigenvalue weighted by Crippen LogP contribution is -2.21. The average Bonchev–Trinajstić information content (AvgIpc) is 2.28. The fraction of sp³-hybridized carbons (Fsp3) is 0.0909. The number of benzene rings is 1. The van der Waals surface area contributed by atoms with Crippen LogP contribution in [0.5, 0.6) is 0 Å². The minimum atomic E-state index is -0.0909. The summed E-state index contributed by atoms with van der Waals surface area (Å²) in [5.74, 6) is 0. The van der Waals surface area contributed by atoms with E-state index in [4.69, 9.17) is 5.73 Å². The molecule has 0 amide bonds. The van der Waals surface area contributed by atoms with Crippen molar-refractivity contribution in [2.45, 2.75) is 6.54 Å². The first kappa shape index (κ1) is 10.9. The molecule has 1 heterocycles. The molecule has 0 saturated heterocycles. The highest BCUT2D eigenvalue weighted by Gasteiger charge is 2.01. The molecule has 2 rings (SSSR count). The highest BCUT2D eigenvalue weighted by atomic mass is 79.9. The third-order valence-electron chi connectivity index (χ3n) is 2.19. The van der Waals surface area contributed by atoms with Gasteiger partial charge in [0, 0.05) is 11.9 Å². The summed E-state index contributed by atoms with van der Waals surface area (Å²) in [5, 5.41) is 0. The van der Waals surface area contributed by atoms with Crippen molar-refractivity contribution in [2.24, 2.45) is 0 Å². The van der Waals surface area contributed by atoms with E-state index in [1.807, 2.05) is 24.3 Å². The largest absolute Gasteiger partial charge is 0.399 e. The molecular weight excluding hydrogens is 270 g/mol. The summed E-state index contributed by atoms with van der Waals surface area (Å²) in [6, 6.07) is 7.41. The zero-order valence-corrected chi connectivity index (χ0v) is 10.0. The van der Waals surface area contributed by atoms with E-state index in [1.54, 1.807) is 0 Å². The predicted molar refractivity (Wildman–Crippen MR) is 66.2 cm³/mol. The maximum atomic E-state index is 11.7. The topological polar surface area (TPSA) is 60.9 Å². The van der Waals surface area contributed by atoms with Crippen molar-refractivity contribution in [3.8, 4) is 0 Å². The fourth-order valence-corrected chi connectivity index (χ4v) is 1.70. The molecule has 0 atom stereocenters. The van der Waals surface area contributed by atoms with Crippen molar-refractivity contribution in [2.75, 3.05) is 5.73 Å². The van der Waals surface area contributed by atoms with Gasteiger partial charge in [-0.25, -0.2) is 4.98 Å². The molecule has 0 saturated carbocycles. The van der Waals surface area contributed by atoms with Crippen molar-refractivity contribution in [1.82, 2.24) is 9.55 Å². The number of hydrogen-bond donors (Lipinski definition) is 1. The van der Waals surface area contributed by atoms with Gasteiger partial charge in [-0.1, -0.05) is 12.1 Å². The Bertz CT molecular complexity index is 548. The summed E-state index contributed by atoms with van der Waals surface area (Å²) in [5.41, 5.74) is 7.22. The Morgan fingerprint density at radius 2 is 2.00 bits per heavy atom. The van der Waals surface area contributed by atoms with E-state index in [2.05, 4.69) is 20.9 Å². The van der Waals surface area contributed by atoms with E-state index in [0.29, 0.717) is 16.7 Å². The van der Waals surface area contributed by atoms with Crippen LogP contribution in [0.2, 0.25) is 0 Å². The van der Waals surface area contributed by atoms with Crippen LogP contribution in [0.3, 0.4) is 0 Å².